The van der Waals surface area contributed by atoms with Crippen LogP contribution in [-0.2, 0) is 16.1 Å². The molecule has 0 atom stereocenters. The lowest BCUT2D eigenvalue weighted by molar-refractivity contribution is -0.121. The maximum absolute atomic E-state index is 11.3. The van der Waals surface area contributed by atoms with Crippen LogP contribution in [-0.4, -0.2) is 30.7 Å². The first-order valence-electron chi connectivity index (χ1n) is 4.64. The van der Waals surface area contributed by atoms with Crippen molar-refractivity contribution in [2.24, 2.45) is 0 Å². The molecule has 1 rings (SSSR count). The lowest BCUT2D eigenvalue weighted by Gasteiger charge is -2.06. The highest BCUT2D eigenvalue weighted by atomic mass is 16.5. The maximum Gasteiger partial charge on any atom is 0.239 e. The first-order chi connectivity index (χ1) is 7.22. The second-order valence-electron chi connectivity index (χ2n) is 3.05. The van der Waals surface area contributed by atoms with Gasteiger partial charge in [-0.05, 0) is 0 Å². The van der Waals surface area contributed by atoms with Crippen molar-refractivity contribution in [1.29, 1.82) is 0 Å². The van der Waals surface area contributed by atoms with Crippen molar-refractivity contribution < 1.29 is 9.53 Å². The molecule has 0 spiro atoms. The summed E-state index contributed by atoms with van der Waals surface area (Å²) in [5.41, 5.74) is -0.0639. The minimum atomic E-state index is -0.101. The Morgan fingerprint density at radius 1 is 1.47 bits per heavy atom. The Morgan fingerprint density at radius 2 is 2.13 bits per heavy atom. The number of carbonyl (C=O) groups is 1. The average Bonchev–Trinajstić information content (AvgIpc) is 2.22. The standard InChI is InChI=1S/C10H14N2O3/c1-15-7-4-11-10(14)8-12-5-2-9(13)3-6-12/h2-3,5-6H,4,7-8H2,1H3,(H,11,14). The largest absolute Gasteiger partial charge is 0.383 e. The normalized spacial score (nSPS) is 9.93. The number of nitrogens with one attached hydrogen (secondary N) is 1. The Bertz CT molecular complexity index is 353. The van der Waals surface area contributed by atoms with Crippen LogP contribution >= 0.6 is 0 Å². The minimum absolute atomic E-state index is 0.0639. The minimum Gasteiger partial charge on any atom is -0.383 e. The summed E-state index contributed by atoms with van der Waals surface area (Å²) in [6.07, 6.45) is 3.16. The molecule has 0 unspecified atom stereocenters. The van der Waals surface area contributed by atoms with Crippen LogP contribution in [0.15, 0.2) is 29.3 Å². The van der Waals surface area contributed by atoms with E-state index in [1.807, 2.05) is 0 Å². The van der Waals surface area contributed by atoms with E-state index in [1.165, 1.54) is 12.1 Å². The predicted octanol–water partition coefficient (Wildman–Crippen LogP) is -0.389. The molecule has 0 aromatic carbocycles. The number of methoxy groups -OCH3 is 1. The van der Waals surface area contributed by atoms with Gasteiger partial charge >= 0.3 is 0 Å². The number of rotatable bonds is 5. The van der Waals surface area contributed by atoms with Crippen molar-refractivity contribution in [2.45, 2.75) is 6.54 Å². The Hall–Kier alpha value is -1.62. The van der Waals surface area contributed by atoms with Crippen LogP contribution in [0.2, 0.25) is 0 Å². The number of pyridine rings is 1. The van der Waals surface area contributed by atoms with Crippen LogP contribution < -0.4 is 10.7 Å². The van der Waals surface area contributed by atoms with Gasteiger partial charge in [-0.25, -0.2) is 0 Å². The van der Waals surface area contributed by atoms with E-state index in [1.54, 1.807) is 24.1 Å². The predicted molar refractivity (Wildman–Crippen MR) is 55.6 cm³/mol. The quantitative estimate of drug-likeness (QED) is 0.673. The fraction of sp³-hybridized carbons (Fsp3) is 0.400. The fourth-order valence-corrected chi connectivity index (χ4v) is 1.06. The Kier molecular flexibility index (Phi) is 4.56. The summed E-state index contributed by atoms with van der Waals surface area (Å²) < 4.78 is 6.44. The molecular formula is C10H14N2O3. The van der Waals surface area contributed by atoms with Crippen LogP contribution in [0.5, 0.6) is 0 Å². The molecule has 1 heterocycles. The topological polar surface area (TPSA) is 60.3 Å². The molecule has 0 aliphatic carbocycles. The van der Waals surface area contributed by atoms with E-state index >= 15 is 0 Å². The van der Waals surface area contributed by atoms with Crippen molar-refractivity contribution in [1.82, 2.24) is 9.88 Å². The summed E-state index contributed by atoms with van der Waals surface area (Å²) in [7, 11) is 1.58. The lowest BCUT2D eigenvalue weighted by Crippen LogP contribution is -2.30. The number of ether oxygens (including phenoxy) is 1. The van der Waals surface area contributed by atoms with Gasteiger partial charge in [0.05, 0.1) is 6.61 Å². The molecule has 1 aromatic rings. The smallest absolute Gasteiger partial charge is 0.239 e. The third-order valence-corrected chi connectivity index (χ3v) is 1.82. The second kappa shape index (κ2) is 5.98. The molecule has 0 radical (unpaired) electrons. The van der Waals surface area contributed by atoms with Gasteiger partial charge < -0.3 is 14.6 Å². The summed E-state index contributed by atoms with van der Waals surface area (Å²) in [6.45, 7) is 1.20. The first kappa shape index (κ1) is 11.5. The van der Waals surface area contributed by atoms with Gasteiger partial charge in [0.2, 0.25) is 5.91 Å². The molecule has 5 heteroatoms. The van der Waals surface area contributed by atoms with E-state index in [2.05, 4.69) is 5.32 Å². The molecule has 0 saturated carbocycles. The molecule has 0 saturated heterocycles. The van der Waals surface area contributed by atoms with Crippen molar-refractivity contribution in [3.63, 3.8) is 0 Å². The van der Waals surface area contributed by atoms with E-state index in [9.17, 15) is 9.59 Å². The third kappa shape index (κ3) is 4.42. The summed E-state index contributed by atoms with van der Waals surface area (Å²) in [4.78, 5) is 22.1. The van der Waals surface area contributed by atoms with E-state index in [0.717, 1.165) is 0 Å². The monoisotopic (exact) mass is 210 g/mol. The van der Waals surface area contributed by atoms with Gasteiger partial charge in [-0.3, -0.25) is 9.59 Å². The number of carbonyl (C=O) groups excluding carboxylic acids is 1. The van der Waals surface area contributed by atoms with Gasteiger partial charge in [0.1, 0.15) is 6.54 Å². The van der Waals surface area contributed by atoms with Gasteiger partial charge in [-0.1, -0.05) is 0 Å². The van der Waals surface area contributed by atoms with Crippen molar-refractivity contribution in [3.8, 4) is 0 Å². The van der Waals surface area contributed by atoms with E-state index < -0.39 is 0 Å². The fourth-order valence-electron chi connectivity index (χ4n) is 1.06. The van der Waals surface area contributed by atoms with Crippen LogP contribution in [0.3, 0.4) is 0 Å². The van der Waals surface area contributed by atoms with E-state index in [-0.39, 0.29) is 17.9 Å². The summed E-state index contributed by atoms with van der Waals surface area (Å²) >= 11 is 0. The second-order valence-corrected chi connectivity index (χ2v) is 3.05. The first-order valence-corrected chi connectivity index (χ1v) is 4.64. The molecule has 5 nitrogen and oxygen atoms in total. The molecular weight excluding hydrogens is 196 g/mol. The SMILES string of the molecule is COCCNC(=O)Cn1ccc(=O)cc1. The van der Waals surface area contributed by atoms with Gasteiger partial charge in [0, 0.05) is 38.2 Å². The zero-order chi connectivity index (χ0) is 11.1. The lowest BCUT2D eigenvalue weighted by atomic mass is 10.4. The van der Waals surface area contributed by atoms with Crippen molar-refractivity contribution in [2.75, 3.05) is 20.3 Å². The summed E-state index contributed by atoms with van der Waals surface area (Å²) in [5, 5.41) is 2.68. The molecule has 0 bridgehead atoms. The van der Waals surface area contributed by atoms with Crippen molar-refractivity contribution in [3.05, 3.63) is 34.7 Å². The van der Waals surface area contributed by atoms with E-state index in [0.29, 0.717) is 13.2 Å². The Balaban J connectivity index is 2.37. The number of nitrogens with zero attached hydrogens (tertiary/aromatic N) is 1. The zero-order valence-electron chi connectivity index (χ0n) is 8.60. The van der Waals surface area contributed by atoms with Crippen LogP contribution in [0.4, 0.5) is 0 Å². The Labute approximate surface area is 87.7 Å². The molecule has 1 amide bonds. The highest BCUT2D eigenvalue weighted by molar-refractivity contribution is 5.75. The molecule has 0 aliphatic rings. The highest BCUT2D eigenvalue weighted by Crippen LogP contribution is 1.84. The molecule has 1 N–H and O–H groups in total. The molecule has 0 fully saturated rings. The summed E-state index contributed by atoms with van der Waals surface area (Å²) in [6, 6.07) is 2.84. The number of aromatic nitrogens is 1. The molecule has 15 heavy (non-hydrogen) atoms. The maximum atomic E-state index is 11.3. The molecule has 82 valence electrons. The summed E-state index contributed by atoms with van der Waals surface area (Å²) in [5.74, 6) is -0.101. The number of amides is 1. The van der Waals surface area contributed by atoms with Crippen molar-refractivity contribution >= 4 is 5.91 Å². The van der Waals surface area contributed by atoms with Gasteiger partial charge in [-0.2, -0.15) is 0 Å². The average molecular weight is 210 g/mol. The number of hydrogen-bond acceptors (Lipinski definition) is 3. The van der Waals surface area contributed by atoms with Gasteiger partial charge in [-0.15, -0.1) is 0 Å². The van der Waals surface area contributed by atoms with Crippen LogP contribution in [0.25, 0.3) is 0 Å². The molecule has 1 aromatic heterocycles. The zero-order valence-corrected chi connectivity index (χ0v) is 8.60. The number of hydrogen-bond donors (Lipinski definition) is 1. The highest BCUT2D eigenvalue weighted by Gasteiger charge is 1.99. The van der Waals surface area contributed by atoms with Crippen LogP contribution in [0, 0.1) is 0 Å². The van der Waals surface area contributed by atoms with Gasteiger partial charge in [0.15, 0.2) is 5.43 Å². The van der Waals surface area contributed by atoms with E-state index in [4.69, 9.17) is 4.74 Å². The Morgan fingerprint density at radius 3 is 2.73 bits per heavy atom. The van der Waals surface area contributed by atoms with Crippen LogP contribution in [0.1, 0.15) is 0 Å². The third-order valence-electron chi connectivity index (χ3n) is 1.82. The molecule has 0 aliphatic heterocycles. The van der Waals surface area contributed by atoms with Gasteiger partial charge in [0.25, 0.3) is 0 Å².